The summed E-state index contributed by atoms with van der Waals surface area (Å²) in [5.74, 6) is 0.0521. The molecule has 2 unspecified atom stereocenters. The molecule has 3 aliphatic rings. The Balaban J connectivity index is 1.55. The smallest absolute Gasteiger partial charge is 0.233 e. The number of amides is 2. The first-order valence-electron chi connectivity index (χ1n) is 6.82. The molecule has 1 N–H and O–H groups in total. The van der Waals surface area contributed by atoms with Crippen molar-refractivity contribution in [1.29, 1.82) is 0 Å². The van der Waals surface area contributed by atoms with E-state index >= 15 is 0 Å². The first-order chi connectivity index (χ1) is 8.53. The van der Waals surface area contributed by atoms with E-state index in [9.17, 15) is 9.59 Å². The molecule has 100 valence electrons. The van der Waals surface area contributed by atoms with Gasteiger partial charge in [0.25, 0.3) is 0 Å². The predicted molar refractivity (Wildman–Crippen MR) is 66.8 cm³/mol. The van der Waals surface area contributed by atoms with Gasteiger partial charge in [-0.3, -0.25) is 19.4 Å². The van der Waals surface area contributed by atoms with Gasteiger partial charge in [-0.25, -0.2) is 0 Å². The minimum absolute atomic E-state index is 0.0342. The van der Waals surface area contributed by atoms with E-state index in [0.717, 1.165) is 32.7 Å². The fourth-order valence-corrected chi connectivity index (χ4v) is 3.40. The summed E-state index contributed by atoms with van der Waals surface area (Å²) in [6.07, 6.45) is 0. The van der Waals surface area contributed by atoms with Gasteiger partial charge in [-0.2, -0.15) is 0 Å². The minimum Gasteiger partial charge on any atom is -0.314 e. The number of carbonyl (C=O) groups excluding carboxylic acids is 2. The lowest BCUT2D eigenvalue weighted by molar-refractivity contribution is -0.143. The highest BCUT2D eigenvalue weighted by molar-refractivity contribution is 6.10. The Morgan fingerprint density at radius 3 is 2.22 bits per heavy atom. The molecule has 2 heterocycles. The van der Waals surface area contributed by atoms with Gasteiger partial charge in [0.05, 0.1) is 11.8 Å². The van der Waals surface area contributed by atoms with Gasteiger partial charge in [0.15, 0.2) is 0 Å². The molecular formula is C13H21N3O2. The minimum atomic E-state index is -0.0836. The van der Waals surface area contributed by atoms with E-state index in [-0.39, 0.29) is 29.1 Å². The normalized spacial score (nSPS) is 34.9. The summed E-state index contributed by atoms with van der Waals surface area (Å²) in [7, 11) is 0. The summed E-state index contributed by atoms with van der Waals surface area (Å²) in [6.45, 7) is 9.45. The van der Waals surface area contributed by atoms with Gasteiger partial charge in [-0.15, -0.1) is 0 Å². The van der Waals surface area contributed by atoms with Crippen molar-refractivity contribution in [2.24, 2.45) is 17.3 Å². The van der Waals surface area contributed by atoms with E-state index in [1.165, 1.54) is 4.90 Å². The molecule has 2 amide bonds. The van der Waals surface area contributed by atoms with Crippen LogP contribution in [0, 0.1) is 17.3 Å². The van der Waals surface area contributed by atoms with Crippen LogP contribution in [0.3, 0.4) is 0 Å². The maximum atomic E-state index is 12.1. The molecule has 18 heavy (non-hydrogen) atoms. The van der Waals surface area contributed by atoms with Crippen molar-refractivity contribution in [2.45, 2.75) is 13.8 Å². The number of nitrogens with zero attached hydrogens (tertiary/aromatic N) is 2. The maximum absolute atomic E-state index is 12.1. The van der Waals surface area contributed by atoms with Crippen molar-refractivity contribution in [3.63, 3.8) is 0 Å². The van der Waals surface area contributed by atoms with Crippen LogP contribution in [0.5, 0.6) is 0 Å². The summed E-state index contributed by atoms with van der Waals surface area (Å²) < 4.78 is 0. The van der Waals surface area contributed by atoms with Gasteiger partial charge in [-0.05, 0) is 5.41 Å². The first kappa shape index (κ1) is 12.1. The zero-order chi connectivity index (χ0) is 12.9. The third-order valence-corrected chi connectivity index (χ3v) is 4.74. The van der Waals surface area contributed by atoms with Gasteiger partial charge < -0.3 is 5.32 Å². The third kappa shape index (κ3) is 1.68. The summed E-state index contributed by atoms with van der Waals surface area (Å²) in [6, 6.07) is 0. The van der Waals surface area contributed by atoms with Crippen LogP contribution in [0.25, 0.3) is 0 Å². The SMILES string of the molecule is CC1(C)C2C(=O)N(CCN3CCNCC3)C(=O)C21. The van der Waals surface area contributed by atoms with Crippen molar-refractivity contribution in [3.8, 4) is 0 Å². The highest BCUT2D eigenvalue weighted by atomic mass is 16.2. The van der Waals surface area contributed by atoms with E-state index in [2.05, 4.69) is 10.2 Å². The van der Waals surface area contributed by atoms with Crippen LogP contribution in [0.2, 0.25) is 0 Å². The van der Waals surface area contributed by atoms with Gasteiger partial charge in [0.2, 0.25) is 11.8 Å². The Hall–Kier alpha value is -0.940. The van der Waals surface area contributed by atoms with E-state index in [0.29, 0.717) is 6.54 Å². The number of likely N-dealkylation sites (tertiary alicyclic amines) is 1. The fourth-order valence-electron chi connectivity index (χ4n) is 3.40. The summed E-state index contributed by atoms with van der Waals surface area (Å²) in [5, 5.41) is 3.30. The van der Waals surface area contributed by atoms with Crippen LogP contribution < -0.4 is 5.32 Å². The highest BCUT2D eigenvalue weighted by Crippen LogP contribution is 2.63. The second-order valence-electron chi connectivity index (χ2n) is 6.20. The number of piperazine rings is 1. The fraction of sp³-hybridized carbons (Fsp3) is 0.846. The Bertz CT molecular complexity index is 364. The van der Waals surface area contributed by atoms with Gasteiger partial charge >= 0.3 is 0 Å². The monoisotopic (exact) mass is 251 g/mol. The van der Waals surface area contributed by atoms with E-state index in [4.69, 9.17) is 0 Å². The molecule has 0 aromatic carbocycles. The molecule has 5 nitrogen and oxygen atoms in total. The average molecular weight is 251 g/mol. The molecule has 1 aliphatic carbocycles. The quantitative estimate of drug-likeness (QED) is 0.689. The number of imide groups is 1. The topological polar surface area (TPSA) is 52.7 Å². The first-order valence-corrected chi connectivity index (χ1v) is 6.82. The zero-order valence-electron chi connectivity index (χ0n) is 11.1. The molecule has 0 aromatic heterocycles. The maximum Gasteiger partial charge on any atom is 0.233 e. The molecule has 2 atom stereocenters. The zero-order valence-corrected chi connectivity index (χ0v) is 11.1. The molecular weight excluding hydrogens is 230 g/mol. The second-order valence-corrected chi connectivity index (χ2v) is 6.20. The second kappa shape index (κ2) is 4.03. The number of hydrogen-bond acceptors (Lipinski definition) is 4. The average Bonchev–Trinajstić information content (AvgIpc) is 2.81. The molecule has 3 fully saturated rings. The van der Waals surface area contributed by atoms with Crippen LogP contribution in [-0.2, 0) is 9.59 Å². The Morgan fingerprint density at radius 2 is 1.67 bits per heavy atom. The molecule has 3 rings (SSSR count). The number of hydrogen-bond donors (Lipinski definition) is 1. The standard InChI is InChI=1S/C13H21N3O2/c1-13(2)9-10(13)12(18)16(11(9)17)8-7-15-5-3-14-4-6-15/h9-10,14H,3-8H2,1-2H3. The van der Waals surface area contributed by atoms with Crippen LogP contribution in [-0.4, -0.2) is 60.9 Å². The van der Waals surface area contributed by atoms with Crippen molar-refractivity contribution in [1.82, 2.24) is 15.1 Å². The Kier molecular flexibility index (Phi) is 2.71. The van der Waals surface area contributed by atoms with E-state index < -0.39 is 0 Å². The number of carbonyl (C=O) groups is 2. The van der Waals surface area contributed by atoms with Crippen LogP contribution in [0.1, 0.15) is 13.8 Å². The highest BCUT2D eigenvalue weighted by Gasteiger charge is 2.72. The predicted octanol–water partition coefficient (Wildman–Crippen LogP) is -0.467. The molecule has 1 saturated carbocycles. The van der Waals surface area contributed by atoms with Crippen molar-refractivity contribution < 1.29 is 9.59 Å². The number of nitrogens with one attached hydrogen (secondary N) is 1. The molecule has 5 heteroatoms. The summed E-state index contributed by atoms with van der Waals surface area (Å²) in [4.78, 5) is 28.0. The molecule has 0 aromatic rings. The van der Waals surface area contributed by atoms with Gasteiger partial charge in [0.1, 0.15) is 0 Å². The molecule has 0 spiro atoms. The van der Waals surface area contributed by atoms with Crippen molar-refractivity contribution >= 4 is 11.8 Å². The molecule has 2 saturated heterocycles. The summed E-state index contributed by atoms with van der Waals surface area (Å²) in [5.41, 5.74) is -0.0836. The molecule has 2 aliphatic heterocycles. The lowest BCUT2D eigenvalue weighted by Crippen LogP contribution is -2.48. The number of rotatable bonds is 3. The van der Waals surface area contributed by atoms with Gasteiger partial charge in [-0.1, -0.05) is 13.8 Å². The number of fused-ring (bicyclic) bond motifs is 1. The van der Waals surface area contributed by atoms with Crippen LogP contribution in [0.15, 0.2) is 0 Å². The largest absolute Gasteiger partial charge is 0.314 e. The van der Waals surface area contributed by atoms with E-state index in [1.54, 1.807) is 0 Å². The lowest BCUT2D eigenvalue weighted by Gasteiger charge is -2.29. The third-order valence-electron chi connectivity index (χ3n) is 4.74. The van der Waals surface area contributed by atoms with Crippen molar-refractivity contribution in [3.05, 3.63) is 0 Å². The summed E-state index contributed by atoms with van der Waals surface area (Å²) >= 11 is 0. The van der Waals surface area contributed by atoms with E-state index in [1.807, 2.05) is 13.8 Å². The van der Waals surface area contributed by atoms with Gasteiger partial charge in [0, 0.05) is 39.3 Å². The Morgan fingerprint density at radius 1 is 1.11 bits per heavy atom. The lowest BCUT2D eigenvalue weighted by atomic mass is 10.1. The van der Waals surface area contributed by atoms with Crippen LogP contribution >= 0.6 is 0 Å². The Labute approximate surface area is 107 Å². The van der Waals surface area contributed by atoms with Crippen LogP contribution in [0.4, 0.5) is 0 Å². The number of piperidine rings is 1. The van der Waals surface area contributed by atoms with Crippen molar-refractivity contribution in [2.75, 3.05) is 39.3 Å². The molecule has 0 radical (unpaired) electrons. The molecule has 0 bridgehead atoms.